The molecule has 0 radical (unpaired) electrons. The molecule has 0 aromatic rings. The molecule has 0 heterocycles. The van der Waals surface area contributed by atoms with Gasteiger partial charge in [-0.1, -0.05) is 13.8 Å². The first-order chi connectivity index (χ1) is 5.16. The van der Waals surface area contributed by atoms with Crippen molar-refractivity contribution in [1.29, 1.82) is 0 Å². The van der Waals surface area contributed by atoms with Gasteiger partial charge in [-0.05, 0) is 37.1 Å². The van der Waals surface area contributed by atoms with Crippen molar-refractivity contribution in [3.8, 4) is 0 Å². The molecule has 3 N–H and O–H groups in total. The summed E-state index contributed by atoms with van der Waals surface area (Å²) in [5.41, 5.74) is 5.58. The first kappa shape index (κ1) is 9.01. The Morgan fingerprint density at radius 1 is 1.45 bits per heavy atom. The lowest BCUT2D eigenvalue weighted by atomic mass is 9.88. The third kappa shape index (κ3) is 2.17. The van der Waals surface area contributed by atoms with Crippen LogP contribution < -0.4 is 5.73 Å². The van der Waals surface area contributed by atoms with Crippen LogP contribution in [0, 0.1) is 17.8 Å². The van der Waals surface area contributed by atoms with Gasteiger partial charge in [-0.15, -0.1) is 0 Å². The van der Waals surface area contributed by atoms with Gasteiger partial charge in [0, 0.05) is 0 Å². The molecule has 0 spiro atoms. The minimum atomic E-state index is -0.139. The van der Waals surface area contributed by atoms with Gasteiger partial charge in [0.05, 0.1) is 6.10 Å². The number of nitrogens with two attached hydrogens (primary N) is 1. The summed E-state index contributed by atoms with van der Waals surface area (Å²) in [6.45, 7) is 4.88. The summed E-state index contributed by atoms with van der Waals surface area (Å²) in [6, 6.07) is 0. The Balaban J connectivity index is 2.38. The zero-order valence-corrected chi connectivity index (χ0v) is 7.46. The summed E-state index contributed by atoms with van der Waals surface area (Å²) in [5, 5.41) is 9.74. The molecule has 0 bridgehead atoms. The normalized spacial score (nSPS) is 23.7. The van der Waals surface area contributed by atoms with Gasteiger partial charge in [0.15, 0.2) is 0 Å². The molecule has 2 nitrogen and oxygen atoms in total. The Hall–Kier alpha value is -0.0800. The average Bonchev–Trinajstić information content (AvgIpc) is 2.68. The Morgan fingerprint density at radius 3 is 2.27 bits per heavy atom. The molecular weight excluding hydrogens is 138 g/mol. The van der Waals surface area contributed by atoms with E-state index in [1.165, 1.54) is 12.8 Å². The molecule has 0 aromatic carbocycles. The largest absolute Gasteiger partial charge is 0.392 e. The van der Waals surface area contributed by atoms with Crippen LogP contribution in [-0.4, -0.2) is 17.8 Å². The highest BCUT2D eigenvalue weighted by atomic mass is 16.3. The van der Waals surface area contributed by atoms with Crippen LogP contribution in [-0.2, 0) is 0 Å². The highest BCUT2D eigenvalue weighted by molar-refractivity contribution is 4.86. The number of hydrogen-bond donors (Lipinski definition) is 2. The van der Waals surface area contributed by atoms with E-state index in [1.54, 1.807) is 0 Å². The van der Waals surface area contributed by atoms with E-state index in [-0.39, 0.29) is 6.10 Å². The zero-order chi connectivity index (χ0) is 8.43. The number of aliphatic hydroxyl groups excluding tert-OH is 1. The third-order valence-corrected chi connectivity index (χ3v) is 2.67. The highest BCUT2D eigenvalue weighted by Crippen LogP contribution is 2.37. The fourth-order valence-corrected chi connectivity index (χ4v) is 1.59. The van der Waals surface area contributed by atoms with E-state index in [0.29, 0.717) is 24.3 Å². The molecule has 2 atom stereocenters. The molecule has 0 aromatic heterocycles. The summed E-state index contributed by atoms with van der Waals surface area (Å²) in [6.07, 6.45) is 2.26. The van der Waals surface area contributed by atoms with Crippen molar-refractivity contribution in [3.63, 3.8) is 0 Å². The maximum atomic E-state index is 9.74. The van der Waals surface area contributed by atoms with Gasteiger partial charge in [-0.2, -0.15) is 0 Å². The SMILES string of the molecule is CC(C)C(CN)C(O)C1CC1. The standard InChI is InChI=1S/C9H19NO/c1-6(2)8(5-10)9(11)7-3-4-7/h6-9,11H,3-5,10H2,1-2H3. The molecule has 11 heavy (non-hydrogen) atoms. The van der Waals surface area contributed by atoms with E-state index < -0.39 is 0 Å². The van der Waals surface area contributed by atoms with E-state index in [0.717, 1.165) is 0 Å². The fourth-order valence-electron chi connectivity index (χ4n) is 1.59. The summed E-state index contributed by atoms with van der Waals surface area (Å²) in [4.78, 5) is 0. The first-order valence-corrected chi connectivity index (χ1v) is 4.55. The fraction of sp³-hybridized carbons (Fsp3) is 1.00. The Morgan fingerprint density at radius 2 is 2.00 bits per heavy atom. The average molecular weight is 157 g/mol. The van der Waals surface area contributed by atoms with Gasteiger partial charge in [0.25, 0.3) is 0 Å². The zero-order valence-electron chi connectivity index (χ0n) is 7.46. The van der Waals surface area contributed by atoms with E-state index >= 15 is 0 Å². The number of hydrogen-bond acceptors (Lipinski definition) is 2. The Labute approximate surface area is 68.8 Å². The van der Waals surface area contributed by atoms with Crippen LogP contribution >= 0.6 is 0 Å². The summed E-state index contributed by atoms with van der Waals surface area (Å²) in [5.74, 6) is 1.38. The predicted molar refractivity (Wildman–Crippen MR) is 46.1 cm³/mol. The predicted octanol–water partition coefficient (Wildman–Crippen LogP) is 0.988. The van der Waals surface area contributed by atoms with Crippen molar-refractivity contribution < 1.29 is 5.11 Å². The van der Waals surface area contributed by atoms with Crippen LogP contribution in [0.15, 0.2) is 0 Å². The Kier molecular flexibility index (Phi) is 2.90. The Bertz CT molecular complexity index is 121. The van der Waals surface area contributed by atoms with Crippen molar-refractivity contribution in [3.05, 3.63) is 0 Å². The van der Waals surface area contributed by atoms with Crippen LogP contribution in [0.25, 0.3) is 0 Å². The van der Waals surface area contributed by atoms with Gasteiger partial charge in [0.1, 0.15) is 0 Å². The smallest absolute Gasteiger partial charge is 0.0611 e. The van der Waals surface area contributed by atoms with Crippen LogP contribution in [0.2, 0.25) is 0 Å². The molecule has 1 aliphatic carbocycles. The first-order valence-electron chi connectivity index (χ1n) is 4.55. The van der Waals surface area contributed by atoms with Gasteiger partial charge >= 0.3 is 0 Å². The van der Waals surface area contributed by atoms with Crippen molar-refractivity contribution >= 4 is 0 Å². The molecule has 2 unspecified atom stereocenters. The molecule has 0 amide bonds. The van der Waals surface area contributed by atoms with Crippen LogP contribution in [0.1, 0.15) is 26.7 Å². The molecular formula is C9H19NO. The minimum Gasteiger partial charge on any atom is -0.392 e. The number of aliphatic hydroxyl groups is 1. The molecule has 1 rings (SSSR count). The molecule has 2 heteroatoms. The molecule has 1 fully saturated rings. The van der Waals surface area contributed by atoms with E-state index in [4.69, 9.17) is 5.73 Å². The number of rotatable bonds is 4. The maximum absolute atomic E-state index is 9.74. The van der Waals surface area contributed by atoms with E-state index in [2.05, 4.69) is 13.8 Å². The second kappa shape index (κ2) is 3.55. The second-order valence-electron chi connectivity index (χ2n) is 3.97. The van der Waals surface area contributed by atoms with Crippen molar-refractivity contribution in [2.75, 3.05) is 6.54 Å². The molecule has 0 saturated heterocycles. The lowest BCUT2D eigenvalue weighted by Gasteiger charge is -2.24. The molecule has 66 valence electrons. The van der Waals surface area contributed by atoms with Gasteiger partial charge in [0.2, 0.25) is 0 Å². The second-order valence-corrected chi connectivity index (χ2v) is 3.97. The molecule has 0 aliphatic heterocycles. The third-order valence-electron chi connectivity index (χ3n) is 2.67. The van der Waals surface area contributed by atoms with Gasteiger partial charge in [-0.3, -0.25) is 0 Å². The topological polar surface area (TPSA) is 46.2 Å². The quantitative estimate of drug-likeness (QED) is 0.639. The van der Waals surface area contributed by atoms with Crippen molar-refractivity contribution in [2.24, 2.45) is 23.5 Å². The van der Waals surface area contributed by atoms with Gasteiger partial charge in [-0.25, -0.2) is 0 Å². The molecule has 1 aliphatic rings. The minimum absolute atomic E-state index is 0.139. The summed E-state index contributed by atoms with van der Waals surface area (Å²) < 4.78 is 0. The van der Waals surface area contributed by atoms with E-state index in [9.17, 15) is 5.11 Å². The summed E-state index contributed by atoms with van der Waals surface area (Å²) >= 11 is 0. The van der Waals surface area contributed by atoms with E-state index in [1.807, 2.05) is 0 Å². The maximum Gasteiger partial charge on any atom is 0.0611 e. The lowest BCUT2D eigenvalue weighted by Crippen LogP contribution is -2.33. The monoisotopic (exact) mass is 157 g/mol. The summed E-state index contributed by atoms with van der Waals surface area (Å²) in [7, 11) is 0. The van der Waals surface area contributed by atoms with Crippen molar-refractivity contribution in [2.45, 2.75) is 32.8 Å². The van der Waals surface area contributed by atoms with Crippen LogP contribution in [0.4, 0.5) is 0 Å². The molecule has 1 saturated carbocycles. The lowest BCUT2D eigenvalue weighted by molar-refractivity contribution is 0.0668. The van der Waals surface area contributed by atoms with Crippen LogP contribution in [0.5, 0.6) is 0 Å². The van der Waals surface area contributed by atoms with Crippen molar-refractivity contribution in [1.82, 2.24) is 0 Å². The van der Waals surface area contributed by atoms with Crippen LogP contribution in [0.3, 0.4) is 0 Å². The van der Waals surface area contributed by atoms with Gasteiger partial charge < -0.3 is 10.8 Å². The highest BCUT2D eigenvalue weighted by Gasteiger charge is 2.35.